The predicted octanol–water partition coefficient (Wildman–Crippen LogP) is 3.23. The second kappa shape index (κ2) is 6.03. The van der Waals surface area contributed by atoms with E-state index in [2.05, 4.69) is 20.9 Å². The molecule has 2 rings (SSSR count). The zero-order valence-corrected chi connectivity index (χ0v) is 13.6. The SMILES string of the molecule is CC(c1ccncc1)N(C)S(=O)(=O)c1cccc(Br)c1. The Morgan fingerprint density at radius 3 is 2.45 bits per heavy atom. The first-order chi connectivity index (χ1) is 9.43. The van der Waals surface area contributed by atoms with Crippen LogP contribution in [0.5, 0.6) is 0 Å². The largest absolute Gasteiger partial charge is 0.265 e. The van der Waals surface area contributed by atoms with Gasteiger partial charge in [-0.25, -0.2) is 8.42 Å². The van der Waals surface area contributed by atoms with Gasteiger partial charge in [0, 0.05) is 30.0 Å². The summed E-state index contributed by atoms with van der Waals surface area (Å²) in [5.74, 6) is 0. The van der Waals surface area contributed by atoms with Crippen LogP contribution in [0.4, 0.5) is 0 Å². The highest BCUT2D eigenvalue weighted by atomic mass is 79.9. The summed E-state index contributed by atoms with van der Waals surface area (Å²) in [4.78, 5) is 4.22. The molecule has 0 aliphatic heterocycles. The van der Waals surface area contributed by atoms with Gasteiger partial charge < -0.3 is 0 Å². The highest BCUT2D eigenvalue weighted by molar-refractivity contribution is 9.10. The fourth-order valence-corrected chi connectivity index (χ4v) is 3.80. The maximum atomic E-state index is 12.6. The van der Waals surface area contributed by atoms with Gasteiger partial charge in [0.15, 0.2) is 0 Å². The van der Waals surface area contributed by atoms with E-state index in [-0.39, 0.29) is 10.9 Å². The quantitative estimate of drug-likeness (QED) is 0.846. The van der Waals surface area contributed by atoms with E-state index in [9.17, 15) is 8.42 Å². The van der Waals surface area contributed by atoms with Crippen molar-refractivity contribution in [2.75, 3.05) is 7.05 Å². The molecule has 0 radical (unpaired) electrons. The van der Waals surface area contributed by atoms with Gasteiger partial charge in [-0.05, 0) is 42.8 Å². The summed E-state index contributed by atoms with van der Waals surface area (Å²) in [6, 6.07) is 10.1. The third-order valence-electron chi connectivity index (χ3n) is 3.21. The van der Waals surface area contributed by atoms with Gasteiger partial charge in [-0.15, -0.1) is 0 Å². The molecule has 0 fully saturated rings. The van der Waals surface area contributed by atoms with Gasteiger partial charge >= 0.3 is 0 Å². The lowest BCUT2D eigenvalue weighted by molar-refractivity contribution is 0.398. The molecular weight excluding hydrogens is 340 g/mol. The van der Waals surface area contributed by atoms with Crippen molar-refractivity contribution in [2.45, 2.75) is 17.9 Å². The van der Waals surface area contributed by atoms with E-state index in [1.54, 1.807) is 43.7 Å². The van der Waals surface area contributed by atoms with Crippen molar-refractivity contribution < 1.29 is 8.42 Å². The Bertz CT molecular complexity index is 689. The Morgan fingerprint density at radius 2 is 1.85 bits per heavy atom. The summed E-state index contributed by atoms with van der Waals surface area (Å²) in [6.45, 7) is 1.85. The summed E-state index contributed by atoms with van der Waals surface area (Å²) in [5, 5.41) is 0. The molecule has 1 heterocycles. The predicted molar refractivity (Wildman–Crippen MR) is 81.7 cm³/mol. The molecule has 0 aliphatic carbocycles. The molecule has 1 aromatic carbocycles. The summed E-state index contributed by atoms with van der Waals surface area (Å²) >= 11 is 3.29. The molecule has 0 bridgehead atoms. The van der Waals surface area contributed by atoms with E-state index >= 15 is 0 Å². The number of benzene rings is 1. The van der Waals surface area contributed by atoms with Crippen molar-refractivity contribution in [3.8, 4) is 0 Å². The minimum Gasteiger partial charge on any atom is -0.265 e. The number of nitrogens with zero attached hydrogens (tertiary/aromatic N) is 2. The van der Waals surface area contributed by atoms with E-state index in [1.165, 1.54) is 4.31 Å². The number of aromatic nitrogens is 1. The maximum absolute atomic E-state index is 12.6. The molecule has 0 amide bonds. The summed E-state index contributed by atoms with van der Waals surface area (Å²) in [6.07, 6.45) is 3.32. The molecule has 0 N–H and O–H groups in total. The summed E-state index contributed by atoms with van der Waals surface area (Å²) in [5.41, 5.74) is 0.904. The number of pyridine rings is 1. The first kappa shape index (κ1) is 15.2. The highest BCUT2D eigenvalue weighted by Gasteiger charge is 2.26. The minimum absolute atomic E-state index is 0.262. The second-order valence-electron chi connectivity index (χ2n) is 4.44. The van der Waals surface area contributed by atoms with Crippen LogP contribution in [0.2, 0.25) is 0 Å². The molecule has 1 aromatic heterocycles. The molecule has 2 aromatic rings. The molecule has 0 spiro atoms. The van der Waals surface area contributed by atoms with Crippen LogP contribution >= 0.6 is 15.9 Å². The lowest BCUT2D eigenvalue weighted by Crippen LogP contribution is -2.29. The van der Waals surface area contributed by atoms with Crippen LogP contribution in [-0.2, 0) is 10.0 Å². The van der Waals surface area contributed by atoms with Crippen LogP contribution in [0.3, 0.4) is 0 Å². The highest BCUT2D eigenvalue weighted by Crippen LogP contribution is 2.26. The third kappa shape index (κ3) is 3.08. The van der Waals surface area contributed by atoms with Gasteiger partial charge in [0.05, 0.1) is 4.90 Å². The Kier molecular flexibility index (Phi) is 4.57. The maximum Gasteiger partial charge on any atom is 0.243 e. The molecular formula is C14H15BrN2O2S. The summed E-state index contributed by atoms with van der Waals surface area (Å²) in [7, 11) is -1.94. The average molecular weight is 355 g/mol. The second-order valence-corrected chi connectivity index (χ2v) is 7.35. The molecule has 0 saturated heterocycles. The zero-order chi connectivity index (χ0) is 14.8. The van der Waals surface area contributed by atoms with Gasteiger partial charge in [0.25, 0.3) is 0 Å². The lowest BCUT2D eigenvalue weighted by Gasteiger charge is -2.24. The Labute approximate surface area is 127 Å². The fourth-order valence-electron chi connectivity index (χ4n) is 1.85. The van der Waals surface area contributed by atoms with E-state index in [4.69, 9.17) is 0 Å². The van der Waals surface area contributed by atoms with E-state index < -0.39 is 10.0 Å². The molecule has 1 unspecified atom stereocenters. The number of halogens is 1. The molecule has 0 saturated carbocycles. The first-order valence-corrected chi connectivity index (χ1v) is 8.30. The van der Waals surface area contributed by atoms with Gasteiger partial charge in [-0.2, -0.15) is 4.31 Å². The van der Waals surface area contributed by atoms with Gasteiger partial charge in [0.2, 0.25) is 10.0 Å². The monoisotopic (exact) mass is 354 g/mol. The Balaban J connectivity index is 2.35. The van der Waals surface area contributed by atoms with Gasteiger partial charge in [0.1, 0.15) is 0 Å². The van der Waals surface area contributed by atoms with E-state index in [0.717, 1.165) is 10.0 Å². The van der Waals surface area contributed by atoms with Crippen LogP contribution in [0.25, 0.3) is 0 Å². The van der Waals surface area contributed by atoms with Crippen molar-refractivity contribution in [1.82, 2.24) is 9.29 Å². The molecule has 1 atom stereocenters. The molecule has 4 nitrogen and oxygen atoms in total. The van der Waals surface area contributed by atoms with Gasteiger partial charge in [-0.1, -0.05) is 22.0 Å². The van der Waals surface area contributed by atoms with Crippen molar-refractivity contribution in [3.63, 3.8) is 0 Å². The first-order valence-electron chi connectivity index (χ1n) is 6.06. The third-order valence-corrected chi connectivity index (χ3v) is 5.62. The van der Waals surface area contributed by atoms with Crippen LogP contribution in [0.15, 0.2) is 58.2 Å². The Morgan fingerprint density at radius 1 is 1.20 bits per heavy atom. The van der Waals surface area contributed by atoms with Crippen LogP contribution in [0.1, 0.15) is 18.5 Å². The van der Waals surface area contributed by atoms with Crippen LogP contribution < -0.4 is 0 Å². The minimum atomic E-state index is -3.53. The number of sulfonamides is 1. The van der Waals surface area contributed by atoms with Crippen LogP contribution in [-0.4, -0.2) is 24.8 Å². The number of rotatable bonds is 4. The normalized spacial score (nSPS) is 13.4. The molecule has 106 valence electrons. The van der Waals surface area contributed by atoms with Crippen molar-refractivity contribution in [3.05, 3.63) is 58.8 Å². The molecule has 0 aliphatic rings. The van der Waals surface area contributed by atoms with Crippen LogP contribution in [0, 0.1) is 0 Å². The average Bonchev–Trinajstić information content (AvgIpc) is 2.46. The smallest absolute Gasteiger partial charge is 0.243 e. The van der Waals surface area contributed by atoms with Crippen molar-refractivity contribution in [1.29, 1.82) is 0 Å². The molecule has 6 heteroatoms. The number of hydrogen-bond donors (Lipinski definition) is 0. The Hall–Kier alpha value is -1.24. The zero-order valence-electron chi connectivity index (χ0n) is 11.2. The fraction of sp³-hybridized carbons (Fsp3) is 0.214. The topological polar surface area (TPSA) is 50.3 Å². The standard InChI is InChI=1S/C14H15BrN2O2S/c1-11(12-6-8-16-9-7-12)17(2)20(18,19)14-5-3-4-13(15)10-14/h3-11H,1-2H3. The van der Waals surface area contributed by atoms with Crippen molar-refractivity contribution >= 4 is 26.0 Å². The van der Waals surface area contributed by atoms with E-state index in [1.807, 2.05) is 19.1 Å². The van der Waals surface area contributed by atoms with Crippen molar-refractivity contribution in [2.24, 2.45) is 0 Å². The molecule has 20 heavy (non-hydrogen) atoms. The van der Waals surface area contributed by atoms with Gasteiger partial charge in [-0.3, -0.25) is 4.98 Å². The summed E-state index contributed by atoms with van der Waals surface area (Å²) < 4.78 is 27.3. The number of hydrogen-bond acceptors (Lipinski definition) is 3. The van der Waals surface area contributed by atoms with E-state index in [0.29, 0.717) is 0 Å². The lowest BCUT2D eigenvalue weighted by atomic mass is 10.1.